The van der Waals surface area contributed by atoms with Gasteiger partial charge in [-0.15, -0.1) is 0 Å². The maximum absolute atomic E-state index is 12.4. The van der Waals surface area contributed by atoms with Crippen LogP contribution in [0.5, 0.6) is 0 Å². The molecule has 1 aliphatic heterocycles. The lowest BCUT2D eigenvalue weighted by atomic mass is 10.1. The highest BCUT2D eigenvalue weighted by molar-refractivity contribution is 8.13. The number of aliphatic imine (C=N–C) groups is 1. The number of hydrogen-bond donors (Lipinski definition) is 3. The minimum Gasteiger partial charge on any atom is -0.322 e. The van der Waals surface area contributed by atoms with Gasteiger partial charge in [0, 0.05) is 5.56 Å². The predicted molar refractivity (Wildman–Crippen MR) is 98.1 cm³/mol. The van der Waals surface area contributed by atoms with Gasteiger partial charge in [0.1, 0.15) is 5.69 Å². The van der Waals surface area contributed by atoms with Gasteiger partial charge in [0.2, 0.25) is 11.8 Å². The summed E-state index contributed by atoms with van der Waals surface area (Å²) in [6.45, 7) is 0. The molecule has 1 aromatic carbocycles. The van der Waals surface area contributed by atoms with Crippen molar-refractivity contribution in [2.75, 3.05) is 11.6 Å². The van der Waals surface area contributed by atoms with Crippen molar-refractivity contribution in [2.24, 2.45) is 10.9 Å². The van der Waals surface area contributed by atoms with Crippen molar-refractivity contribution in [1.29, 1.82) is 0 Å². The van der Waals surface area contributed by atoms with Gasteiger partial charge in [-0.1, -0.05) is 35.0 Å². The Labute approximate surface area is 160 Å². The van der Waals surface area contributed by atoms with Crippen molar-refractivity contribution in [3.63, 3.8) is 0 Å². The van der Waals surface area contributed by atoms with Crippen molar-refractivity contribution >= 4 is 63.5 Å². The number of benzene rings is 1. The first-order valence-corrected chi connectivity index (χ1v) is 9.02. The largest absolute Gasteiger partial charge is 0.322 e. The lowest BCUT2D eigenvalue weighted by Crippen LogP contribution is -2.48. The van der Waals surface area contributed by atoms with E-state index < -0.39 is 23.6 Å². The number of carbonyl (C=O) groups is 3. The zero-order valence-electron chi connectivity index (χ0n) is 13.0. The quantitative estimate of drug-likeness (QED) is 0.657. The summed E-state index contributed by atoms with van der Waals surface area (Å²) in [5.41, 5.74) is 1.16. The molecule has 0 saturated heterocycles. The number of nitrogens with one attached hydrogen (secondary N) is 3. The third kappa shape index (κ3) is 3.57. The normalized spacial score (nSPS) is 16.9. The number of carbonyl (C=O) groups excluding carboxylic acids is 3. The average molecular weight is 413 g/mol. The number of aromatic nitrogens is 3. The SMILES string of the molecule is CSC1=NC(=O)C(C(=O)Nc2c(Cl)cc(-c3cn[nH]n3)cc2Cl)C(=O)N1. The number of amidine groups is 1. The molecule has 1 aliphatic rings. The van der Waals surface area contributed by atoms with Crippen LogP contribution in [0.3, 0.4) is 0 Å². The Balaban J connectivity index is 1.85. The topological polar surface area (TPSA) is 129 Å². The fraction of sp³-hybridized carbons (Fsp3) is 0.143. The molecule has 1 aromatic heterocycles. The van der Waals surface area contributed by atoms with Gasteiger partial charge in [-0.3, -0.25) is 14.4 Å². The van der Waals surface area contributed by atoms with Gasteiger partial charge in [-0.25, -0.2) is 0 Å². The summed E-state index contributed by atoms with van der Waals surface area (Å²) in [5, 5.41) is 15.2. The van der Waals surface area contributed by atoms with E-state index in [9.17, 15) is 14.4 Å². The van der Waals surface area contributed by atoms with Gasteiger partial charge in [0.25, 0.3) is 5.91 Å². The fourth-order valence-corrected chi connectivity index (χ4v) is 3.15. The van der Waals surface area contributed by atoms with Crippen LogP contribution in [0.2, 0.25) is 10.0 Å². The number of H-pyrrole nitrogens is 1. The lowest BCUT2D eigenvalue weighted by molar-refractivity contribution is -0.139. The van der Waals surface area contributed by atoms with E-state index in [4.69, 9.17) is 23.2 Å². The van der Waals surface area contributed by atoms with E-state index in [2.05, 4.69) is 31.0 Å². The van der Waals surface area contributed by atoms with Crippen LogP contribution in [0, 0.1) is 5.92 Å². The van der Waals surface area contributed by atoms with Gasteiger partial charge in [-0.2, -0.15) is 20.4 Å². The number of anilines is 1. The number of rotatable bonds is 3. The first kappa shape index (κ1) is 18.4. The number of hydrogen-bond acceptors (Lipinski definition) is 6. The van der Waals surface area contributed by atoms with E-state index in [1.807, 2.05) is 0 Å². The molecule has 26 heavy (non-hydrogen) atoms. The molecule has 0 spiro atoms. The fourth-order valence-electron chi connectivity index (χ4n) is 2.19. The first-order chi connectivity index (χ1) is 12.4. The second-order valence-electron chi connectivity index (χ2n) is 5.04. The van der Waals surface area contributed by atoms with E-state index in [1.54, 1.807) is 6.26 Å². The molecule has 3 rings (SSSR count). The molecule has 3 N–H and O–H groups in total. The molecular formula is C14H10Cl2N6O3S. The minimum atomic E-state index is -1.62. The molecule has 9 nitrogen and oxygen atoms in total. The van der Waals surface area contributed by atoms with Crippen LogP contribution in [0.1, 0.15) is 0 Å². The van der Waals surface area contributed by atoms with E-state index in [0.717, 1.165) is 11.8 Å². The molecule has 12 heteroatoms. The summed E-state index contributed by atoms with van der Waals surface area (Å²) in [4.78, 5) is 40.0. The summed E-state index contributed by atoms with van der Waals surface area (Å²) in [7, 11) is 0. The van der Waals surface area contributed by atoms with Gasteiger partial charge in [0.15, 0.2) is 11.1 Å². The molecule has 2 heterocycles. The Kier molecular flexibility index (Phi) is 5.25. The molecular weight excluding hydrogens is 403 g/mol. The van der Waals surface area contributed by atoms with Gasteiger partial charge in [0.05, 0.1) is 21.9 Å². The average Bonchev–Trinajstić information content (AvgIpc) is 3.11. The molecule has 3 amide bonds. The van der Waals surface area contributed by atoms with Crippen LogP contribution in [-0.2, 0) is 14.4 Å². The minimum absolute atomic E-state index is 0.0748. The highest BCUT2D eigenvalue weighted by Gasteiger charge is 2.38. The highest BCUT2D eigenvalue weighted by Crippen LogP contribution is 2.35. The van der Waals surface area contributed by atoms with Crippen molar-refractivity contribution in [1.82, 2.24) is 20.7 Å². The van der Waals surface area contributed by atoms with Gasteiger partial charge < -0.3 is 10.6 Å². The maximum Gasteiger partial charge on any atom is 0.270 e. The monoisotopic (exact) mass is 412 g/mol. The lowest BCUT2D eigenvalue weighted by Gasteiger charge is -2.19. The number of thioether (sulfide) groups is 1. The number of halogens is 2. The first-order valence-electron chi connectivity index (χ1n) is 7.04. The number of amides is 3. The smallest absolute Gasteiger partial charge is 0.270 e. The Bertz CT molecular complexity index is 908. The van der Waals surface area contributed by atoms with E-state index in [1.165, 1.54) is 18.3 Å². The molecule has 0 bridgehead atoms. The Hall–Kier alpha value is -2.43. The predicted octanol–water partition coefficient (Wildman–Crippen LogP) is 1.71. The Morgan fingerprint density at radius 2 is 1.96 bits per heavy atom. The zero-order valence-corrected chi connectivity index (χ0v) is 15.4. The van der Waals surface area contributed by atoms with E-state index in [0.29, 0.717) is 11.3 Å². The van der Waals surface area contributed by atoms with Crippen molar-refractivity contribution < 1.29 is 14.4 Å². The molecule has 0 radical (unpaired) electrons. The molecule has 1 unspecified atom stereocenters. The standard InChI is InChI=1S/C14H10Cl2N6O3S/c1-26-14-19-12(24)9(13(25)20-14)11(23)18-10-6(15)2-5(3-7(10)16)8-4-17-22-21-8/h2-4,9H,1H3,(H,18,23)(H,17,21,22)(H,19,20,24,25). The van der Waals surface area contributed by atoms with Crippen LogP contribution in [-0.4, -0.2) is 44.6 Å². The van der Waals surface area contributed by atoms with Crippen molar-refractivity contribution in [3.05, 3.63) is 28.4 Å². The summed E-state index contributed by atoms with van der Waals surface area (Å²) < 4.78 is 0. The summed E-state index contributed by atoms with van der Waals surface area (Å²) in [6, 6.07) is 3.04. The zero-order chi connectivity index (χ0) is 18.8. The van der Waals surface area contributed by atoms with Crippen molar-refractivity contribution in [2.45, 2.75) is 0 Å². The molecule has 0 aliphatic carbocycles. The summed E-state index contributed by atoms with van der Waals surface area (Å²) in [6.07, 6.45) is 3.12. The molecule has 0 saturated carbocycles. The second-order valence-corrected chi connectivity index (χ2v) is 6.65. The number of aromatic amines is 1. The molecule has 134 valence electrons. The molecule has 0 fully saturated rings. The number of nitrogens with zero attached hydrogens (tertiary/aromatic N) is 3. The maximum atomic E-state index is 12.4. The Morgan fingerprint density at radius 3 is 2.50 bits per heavy atom. The Morgan fingerprint density at radius 1 is 1.27 bits per heavy atom. The van der Waals surface area contributed by atoms with Crippen LogP contribution >= 0.6 is 35.0 Å². The molecule has 1 atom stereocenters. The third-order valence-electron chi connectivity index (χ3n) is 3.41. The van der Waals surface area contributed by atoms with E-state index >= 15 is 0 Å². The molecule has 2 aromatic rings. The van der Waals surface area contributed by atoms with Crippen LogP contribution in [0.4, 0.5) is 5.69 Å². The highest BCUT2D eigenvalue weighted by atomic mass is 35.5. The van der Waals surface area contributed by atoms with Gasteiger partial charge >= 0.3 is 0 Å². The van der Waals surface area contributed by atoms with Crippen LogP contribution in [0.15, 0.2) is 23.3 Å². The van der Waals surface area contributed by atoms with E-state index in [-0.39, 0.29) is 20.9 Å². The summed E-state index contributed by atoms with van der Waals surface area (Å²) in [5.74, 6) is -4.12. The van der Waals surface area contributed by atoms with Crippen LogP contribution < -0.4 is 10.6 Å². The van der Waals surface area contributed by atoms with Crippen molar-refractivity contribution in [3.8, 4) is 11.3 Å². The van der Waals surface area contributed by atoms with Gasteiger partial charge in [-0.05, 0) is 18.4 Å². The van der Waals surface area contributed by atoms with Crippen LogP contribution in [0.25, 0.3) is 11.3 Å². The second kappa shape index (κ2) is 7.44. The summed E-state index contributed by atoms with van der Waals surface area (Å²) >= 11 is 13.4. The third-order valence-corrected chi connectivity index (χ3v) is 4.58.